The van der Waals surface area contributed by atoms with Gasteiger partial charge in [-0.15, -0.1) is 0 Å². The number of fused-ring (bicyclic) bond motifs is 1. The Balaban J connectivity index is 1.22. The number of methoxy groups -OCH3 is 1. The van der Waals surface area contributed by atoms with Gasteiger partial charge in [0.15, 0.2) is 5.82 Å². The summed E-state index contributed by atoms with van der Waals surface area (Å²) in [5, 5.41) is 17.3. The van der Waals surface area contributed by atoms with E-state index in [2.05, 4.69) is 30.4 Å². The number of amides is 1. The van der Waals surface area contributed by atoms with Crippen molar-refractivity contribution in [3.8, 4) is 45.6 Å². The summed E-state index contributed by atoms with van der Waals surface area (Å²) in [4.78, 5) is 29.3. The topological polar surface area (TPSA) is 139 Å². The van der Waals surface area contributed by atoms with Gasteiger partial charge in [0.05, 0.1) is 30.3 Å². The highest BCUT2D eigenvalue weighted by molar-refractivity contribution is 5.97. The molecule has 0 aliphatic rings. The molecule has 6 rings (SSSR count). The molecule has 0 bridgehead atoms. The second-order valence-electron chi connectivity index (χ2n) is 8.67. The van der Waals surface area contributed by atoms with Crippen molar-refractivity contribution in [1.82, 2.24) is 30.4 Å². The van der Waals surface area contributed by atoms with Crippen LogP contribution in [0.3, 0.4) is 0 Å². The van der Waals surface area contributed by atoms with E-state index < -0.39 is 0 Å². The lowest BCUT2D eigenvalue weighted by molar-refractivity contribution is 0.0949. The zero-order valence-corrected chi connectivity index (χ0v) is 20.8. The summed E-state index contributed by atoms with van der Waals surface area (Å²) >= 11 is 0. The minimum atomic E-state index is -0.305. The molecule has 0 radical (unpaired) electrons. The van der Waals surface area contributed by atoms with Gasteiger partial charge in [0.1, 0.15) is 11.6 Å². The fourth-order valence-corrected chi connectivity index (χ4v) is 4.23. The van der Waals surface area contributed by atoms with Crippen molar-refractivity contribution in [2.24, 2.45) is 0 Å². The first-order valence-corrected chi connectivity index (χ1v) is 12.1. The monoisotopic (exact) mass is 518 g/mol. The van der Waals surface area contributed by atoms with Crippen LogP contribution in [-0.2, 0) is 6.54 Å². The van der Waals surface area contributed by atoms with Gasteiger partial charge >= 0.3 is 0 Å². The number of aromatic nitrogens is 5. The number of imidazole rings is 1. The maximum absolute atomic E-state index is 12.8. The van der Waals surface area contributed by atoms with Crippen LogP contribution in [0.2, 0.25) is 0 Å². The van der Waals surface area contributed by atoms with E-state index >= 15 is 0 Å². The molecule has 0 saturated carbocycles. The number of H-pyrrole nitrogens is 1. The number of pyridine rings is 1. The zero-order valence-electron chi connectivity index (χ0n) is 20.8. The summed E-state index contributed by atoms with van der Waals surface area (Å²) in [6, 6.07) is 23.5. The Labute approximate surface area is 222 Å². The number of carbonyl (C=O) groups is 1. The number of phenols is 1. The Kier molecular flexibility index (Phi) is 6.18. The number of aromatic hydroxyl groups is 1. The Bertz CT molecular complexity index is 1790. The Morgan fingerprint density at radius 2 is 1.85 bits per heavy atom. The van der Waals surface area contributed by atoms with Crippen molar-refractivity contribution in [2.45, 2.75) is 6.54 Å². The number of ether oxygens (including phenoxy) is 1. The van der Waals surface area contributed by atoms with E-state index in [0.717, 1.165) is 22.2 Å². The molecule has 3 aromatic heterocycles. The zero-order chi connectivity index (χ0) is 26.8. The number of phenolic OH excluding ortho intramolecular Hbond substituents is 1. The fourth-order valence-electron chi connectivity index (χ4n) is 4.23. The Hall–Kier alpha value is -5.51. The molecule has 0 aliphatic carbocycles. The van der Waals surface area contributed by atoms with Crippen LogP contribution in [0, 0.1) is 0 Å². The molecule has 0 atom stereocenters. The van der Waals surface area contributed by atoms with E-state index in [1.807, 2.05) is 48.5 Å². The first-order chi connectivity index (χ1) is 19.1. The normalized spacial score (nSPS) is 11.0. The van der Waals surface area contributed by atoms with E-state index in [1.54, 1.807) is 43.6 Å². The maximum Gasteiger partial charge on any atom is 0.257 e. The third kappa shape index (κ3) is 4.78. The van der Waals surface area contributed by atoms with Crippen molar-refractivity contribution in [3.63, 3.8) is 0 Å². The summed E-state index contributed by atoms with van der Waals surface area (Å²) in [6.45, 7) is 0.109. The lowest BCUT2D eigenvalue weighted by Gasteiger charge is -2.09. The smallest absolute Gasteiger partial charge is 0.257 e. The van der Waals surface area contributed by atoms with Crippen LogP contribution in [0.4, 0.5) is 0 Å². The third-order valence-electron chi connectivity index (χ3n) is 6.17. The standard InChI is InChI=1S/C29H22N6O4/c1-38-29-20(8-5-13-30-29)18-10-12-24(36)21(14-18)26-32-22-11-9-19(15-23(22)33-26)27(37)31-16-25-34-28(39-35-25)17-6-3-2-4-7-17/h2-15,36H,16H2,1H3,(H,31,37)(H,32,33). The molecule has 3 heterocycles. The predicted octanol–water partition coefficient (Wildman–Crippen LogP) is 4.99. The molecule has 6 aromatic rings. The number of rotatable bonds is 7. The SMILES string of the molecule is COc1ncccc1-c1ccc(O)c(-c2nc3cc(C(=O)NCc4noc(-c5ccccc5)n4)ccc3[nH]2)c1. The number of carbonyl (C=O) groups excluding carboxylic acids is 1. The second-order valence-corrected chi connectivity index (χ2v) is 8.67. The van der Waals surface area contributed by atoms with Crippen LogP contribution in [0.5, 0.6) is 11.6 Å². The second kappa shape index (κ2) is 10.1. The van der Waals surface area contributed by atoms with Crippen LogP contribution in [0.15, 0.2) is 89.6 Å². The van der Waals surface area contributed by atoms with Gasteiger partial charge in [-0.3, -0.25) is 4.79 Å². The minimum Gasteiger partial charge on any atom is -0.507 e. The lowest BCUT2D eigenvalue weighted by Crippen LogP contribution is -2.23. The number of nitrogens with zero attached hydrogens (tertiary/aromatic N) is 4. The number of nitrogens with one attached hydrogen (secondary N) is 2. The maximum atomic E-state index is 12.8. The fraction of sp³-hybridized carbons (Fsp3) is 0.0690. The van der Waals surface area contributed by atoms with Gasteiger partial charge in [-0.25, -0.2) is 9.97 Å². The largest absolute Gasteiger partial charge is 0.507 e. The highest BCUT2D eigenvalue weighted by atomic mass is 16.5. The van der Waals surface area contributed by atoms with Gasteiger partial charge in [-0.2, -0.15) is 4.98 Å². The summed E-state index contributed by atoms with van der Waals surface area (Å²) in [5.74, 6) is 1.46. The molecular weight excluding hydrogens is 496 g/mol. The quantitative estimate of drug-likeness (QED) is 0.269. The van der Waals surface area contributed by atoms with Crippen LogP contribution in [-0.4, -0.2) is 43.2 Å². The van der Waals surface area contributed by atoms with Crippen molar-refractivity contribution < 1.29 is 19.2 Å². The van der Waals surface area contributed by atoms with E-state index in [-0.39, 0.29) is 18.2 Å². The van der Waals surface area contributed by atoms with Gasteiger partial charge in [0, 0.05) is 22.9 Å². The van der Waals surface area contributed by atoms with Gasteiger partial charge < -0.3 is 24.7 Å². The van der Waals surface area contributed by atoms with Crippen molar-refractivity contribution >= 4 is 16.9 Å². The molecule has 0 aliphatic heterocycles. The first-order valence-electron chi connectivity index (χ1n) is 12.1. The average molecular weight is 519 g/mol. The lowest BCUT2D eigenvalue weighted by atomic mass is 10.0. The minimum absolute atomic E-state index is 0.0635. The first kappa shape index (κ1) is 23.9. The highest BCUT2D eigenvalue weighted by Gasteiger charge is 2.16. The molecule has 0 fully saturated rings. The van der Waals surface area contributed by atoms with E-state index in [4.69, 9.17) is 9.26 Å². The Morgan fingerprint density at radius 1 is 0.974 bits per heavy atom. The van der Waals surface area contributed by atoms with Gasteiger partial charge in [-0.05, 0) is 60.2 Å². The molecular formula is C29H22N6O4. The number of aromatic amines is 1. The highest BCUT2D eigenvalue weighted by Crippen LogP contribution is 2.35. The molecule has 192 valence electrons. The van der Waals surface area contributed by atoms with Crippen LogP contribution >= 0.6 is 0 Å². The van der Waals surface area contributed by atoms with Gasteiger partial charge in [0.2, 0.25) is 5.88 Å². The summed E-state index contributed by atoms with van der Waals surface area (Å²) < 4.78 is 10.7. The molecule has 0 saturated heterocycles. The molecule has 10 heteroatoms. The molecule has 10 nitrogen and oxygen atoms in total. The van der Waals surface area contributed by atoms with E-state index in [1.165, 1.54) is 0 Å². The van der Waals surface area contributed by atoms with E-state index in [9.17, 15) is 9.90 Å². The number of hydrogen-bond donors (Lipinski definition) is 3. The number of benzene rings is 3. The van der Waals surface area contributed by atoms with Crippen molar-refractivity contribution in [3.05, 3.63) is 96.4 Å². The summed E-state index contributed by atoms with van der Waals surface area (Å²) in [7, 11) is 1.56. The molecule has 1 amide bonds. The van der Waals surface area contributed by atoms with Gasteiger partial charge in [-0.1, -0.05) is 29.4 Å². The Morgan fingerprint density at radius 3 is 2.69 bits per heavy atom. The summed E-state index contributed by atoms with van der Waals surface area (Å²) in [6.07, 6.45) is 1.65. The molecule has 0 spiro atoms. The predicted molar refractivity (Wildman–Crippen MR) is 144 cm³/mol. The number of hydrogen-bond acceptors (Lipinski definition) is 8. The van der Waals surface area contributed by atoms with Crippen molar-refractivity contribution in [2.75, 3.05) is 7.11 Å². The van der Waals surface area contributed by atoms with Crippen LogP contribution < -0.4 is 10.1 Å². The van der Waals surface area contributed by atoms with Crippen LogP contribution in [0.1, 0.15) is 16.2 Å². The van der Waals surface area contributed by atoms with E-state index in [0.29, 0.717) is 40.1 Å². The van der Waals surface area contributed by atoms with Gasteiger partial charge in [0.25, 0.3) is 11.8 Å². The average Bonchev–Trinajstić information content (AvgIpc) is 3.63. The third-order valence-corrected chi connectivity index (χ3v) is 6.17. The molecule has 3 aromatic carbocycles. The molecule has 0 unspecified atom stereocenters. The van der Waals surface area contributed by atoms with Crippen molar-refractivity contribution in [1.29, 1.82) is 0 Å². The summed E-state index contributed by atoms with van der Waals surface area (Å²) in [5.41, 5.74) is 4.62. The molecule has 3 N–H and O–H groups in total. The van der Waals surface area contributed by atoms with Crippen LogP contribution in [0.25, 0.3) is 45.0 Å². The molecule has 39 heavy (non-hydrogen) atoms.